The molecule has 1 aliphatic heterocycles. The monoisotopic (exact) mass is 316 g/mol. The first-order valence-corrected chi connectivity index (χ1v) is 8.00. The number of benzene rings is 1. The van der Waals surface area contributed by atoms with Gasteiger partial charge in [0.1, 0.15) is 5.82 Å². The van der Waals surface area contributed by atoms with Gasteiger partial charge in [-0.2, -0.15) is 5.10 Å². The summed E-state index contributed by atoms with van der Waals surface area (Å²) in [5.41, 5.74) is 4.82. The van der Waals surface area contributed by atoms with Crippen LogP contribution in [-0.2, 0) is 16.0 Å². The number of ether oxygens (including phenoxy) is 2. The molecule has 23 heavy (non-hydrogen) atoms. The number of aromatic nitrogens is 3. The van der Waals surface area contributed by atoms with Gasteiger partial charge < -0.3 is 14.8 Å². The van der Waals surface area contributed by atoms with Crippen LogP contribution in [0.15, 0.2) is 12.1 Å². The zero-order valence-electron chi connectivity index (χ0n) is 14.1. The molecule has 0 spiro atoms. The van der Waals surface area contributed by atoms with Crippen LogP contribution < -0.4 is 5.32 Å². The fourth-order valence-electron chi connectivity index (χ4n) is 2.79. The predicted octanol–water partition coefficient (Wildman–Crippen LogP) is 2.63. The molecule has 6 heteroatoms. The van der Waals surface area contributed by atoms with Gasteiger partial charge in [0, 0.05) is 12.1 Å². The van der Waals surface area contributed by atoms with E-state index in [4.69, 9.17) is 9.47 Å². The minimum absolute atomic E-state index is 0.0980. The first-order chi connectivity index (χ1) is 11.0. The summed E-state index contributed by atoms with van der Waals surface area (Å²) >= 11 is 0. The van der Waals surface area contributed by atoms with E-state index in [-0.39, 0.29) is 12.3 Å². The topological polar surface area (TPSA) is 72.1 Å². The van der Waals surface area contributed by atoms with Crippen LogP contribution in [0.5, 0.6) is 0 Å². The lowest BCUT2D eigenvalue weighted by Crippen LogP contribution is -2.20. The van der Waals surface area contributed by atoms with E-state index in [0.717, 1.165) is 23.8 Å². The van der Waals surface area contributed by atoms with E-state index < -0.39 is 0 Å². The molecule has 2 heterocycles. The summed E-state index contributed by atoms with van der Waals surface area (Å²) in [6.07, 6.45) is -0.217. The summed E-state index contributed by atoms with van der Waals surface area (Å²) in [5, 5.41) is 10.6. The number of hydrogen-bond acceptors (Lipinski definition) is 5. The highest BCUT2D eigenvalue weighted by molar-refractivity contribution is 5.38. The molecule has 0 saturated carbocycles. The number of aromatic amines is 1. The molecule has 0 amide bonds. The van der Waals surface area contributed by atoms with E-state index in [2.05, 4.69) is 53.4 Å². The Morgan fingerprint density at radius 3 is 2.61 bits per heavy atom. The normalized spacial score (nSPS) is 16.9. The number of rotatable bonds is 5. The van der Waals surface area contributed by atoms with E-state index >= 15 is 0 Å². The van der Waals surface area contributed by atoms with E-state index in [1.807, 2.05) is 6.92 Å². The molecule has 1 atom stereocenters. The number of nitrogens with zero attached hydrogens (tertiary/aromatic N) is 2. The van der Waals surface area contributed by atoms with Crippen molar-refractivity contribution in [2.45, 2.75) is 46.6 Å². The quantitative estimate of drug-likeness (QED) is 0.887. The molecule has 124 valence electrons. The van der Waals surface area contributed by atoms with E-state index in [1.54, 1.807) is 0 Å². The minimum atomic E-state index is -0.217. The van der Waals surface area contributed by atoms with Crippen molar-refractivity contribution in [2.24, 2.45) is 0 Å². The second-order valence-electron chi connectivity index (χ2n) is 6.09. The zero-order valence-corrected chi connectivity index (χ0v) is 14.1. The molecule has 1 fully saturated rings. The third-order valence-corrected chi connectivity index (χ3v) is 4.20. The summed E-state index contributed by atoms with van der Waals surface area (Å²) in [5.74, 6) is 1.63. The lowest BCUT2D eigenvalue weighted by molar-refractivity contribution is -0.0445. The molecule has 2 N–H and O–H groups in total. The Kier molecular flexibility index (Phi) is 4.75. The van der Waals surface area contributed by atoms with Gasteiger partial charge in [0.15, 0.2) is 12.1 Å². The third-order valence-electron chi connectivity index (χ3n) is 4.20. The molecule has 1 aromatic carbocycles. The van der Waals surface area contributed by atoms with Crippen molar-refractivity contribution in [3.8, 4) is 0 Å². The summed E-state index contributed by atoms with van der Waals surface area (Å²) < 4.78 is 11.2. The molecule has 1 aliphatic rings. The summed E-state index contributed by atoms with van der Waals surface area (Å²) in [4.78, 5) is 4.37. The second kappa shape index (κ2) is 6.78. The maximum absolute atomic E-state index is 5.62. The van der Waals surface area contributed by atoms with Crippen LogP contribution in [0.2, 0.25) is 0 Å². The molecular formula is C17H24N4O2. The van der Waals surface area contributed by atoms with Gasteiger partial charge in [-0.1, -0.05) is 12.1 Å². The lowest BCUT2D eigenvalue weighted by Gasteiger charge is -2.17. The van der Waals surface area contributed by atoms with E-state index in [1.165, 1.54) is 16.7 Å². The molecule has 6 nitrogen and oxygen atoms in total. The Labute approximate surface area is 136 Å². The highest BCUT2D eigenvalue weighted by Crippen LogP contribution is 2.28. The molecule has 2 aromatic rings. The Morgan fingerprint density at radius 2 is 1.96 bits per heavy atom. The van der Waals surface area contributed by atoms with Crippen molar-refractivity contribution in [3.63, 3.8) is 0 Å². The fourth-order valence-corrected chi connectivity index (χ4v) is 2.79. The second-order valence-corrected chi connectivity index (χ2v) is 6.09. The first-order valence-electron chi connectivity index (χ1n) is 8.00. The standard InChI is InChI=1S/C17H24N4O2/c1-10-8-15(17-22-5-6-23-17)11(2)7-14(10)9-18-12(3)16-19-13(4)20-21-16/h7-8,12,17-18H,5-6,9H2,1-4H3,(H,19,20,21). The average molecular weight is 316 g/mol. The van der Waals surface area contributed by atoms with Crippen molar-refractivity contribution in [1.82, 2.24) is 20.5 Å². The van der Waals surface area contributed by atoms with Gasteiger partial charge in [-0.15, -0.1) is 0 Å². The van der Waals surface area contributed by atoms with Crippen molar-refractivity contribution < 1.29 is 9.47 Å². The smallest absolute Gasteiger partial charge is 0.184 e. The van der Waals surface area contributed by atoms with Crippen molar-refractivity contribution in [2.75, 3.05) is 13.2 Å². The van der Waals surface area contributed by atoms with Crippen molar-refractivity contribution in [3.05, 3.63) is 46.0 Å². The fraction of sp³-hybridized carbons (Fsp3) is 0.529. The van der Waals surface area contributed by atoms with Crippen LogP contribution in [-0.4, -0.2) is 28.4 Å². The molecule has 3 rings (SSSR count). The largest absolute Gasteiger partial charge is 0.346 e. The summed E-state index contributed by atoms with van der Waals surface area (Å²) in [6.45, 7) is 10.3. The maximum atomic E-state index is 5.62. The van der Waals surface area contributed by atoms with Gasteiger partial charge in [0.2, 0.25) is 0 Å². The molecular weight excluding hydrogens is 292 g/mol. The lowest BCUT2D eigenvalue weighted by atomic mass is 9.99. The third kappa shape index (κ3) is 3.60. The minimum Gasteiger partial charge on any atom is -0.346 e. The SMILES string of the molecule is Cc1nc(C(C)NCc2cc(C)c(C3OCCO3)cc2C)n[nH]1. The zero-order chi connectivity index (χ0) is 16.4. The molecule has 1 saturated heterocycles. The van der Waals surface area contributed by atoms with Gasteiger partial charge in [-0.05, 0) is 44.4 Å². The molecule has 0 bridgehead atoms. The first kappa shape index (κ1) is 16.1. The molecule has 1 aromatic heterocycles. The molecule has 1 unspecified atom stereocenters. The van der Waals surface area contributed by atoms with Gasteiger partial charge >= 0.3 is 0 Å². The number of aryl methyl sites for hydroxylation is 3. The Morgan fingerprint density at radius 1 is 1.22 bits per heavy atom. The van der Waals surface area contributed by atoms with Crippen molar-refractivity contribution in [1.29, 1.82) is 0 Å². The maximum Gasteiger partial charge on any atom is 0.184 e. The highest BCUT2D eigenvalue weighted by atomic mass is 16.7. The number of hydrogen-bond donors (Lipinski definition) is 2. The van der Waals surface area contributed by atoms with Crippen molar-refractivity contribution >= 4 is 0 Å². The molecule has 0 radical (unpaired) electrons. The van der Waals surface area contributed by atoms with Crippen LogP contribution >= 0.6 is 0 Å². The van der Waals surface area contributed by atoms with Crippen LogP contribution in [0.3, 0.4) is 0 Å². The predicted molar refractivity (Wildman–Crippen MR) is 86.9 cm³/mol. The highest BCUT2D eigenvalue weighted by Gasteiger charge is 2.21. The van der Waals surface area contributed by atoms with Gasteiger partial charge in [-0.3, -0.25) is 5.10 Å². The number of H-pyrrole nitrogens is 1. The average Bonchev–Trinajstić information content (AvgIpc) is 3.18. The van der Waals surface area contributed by atoms with Gasteiger partial charge in [0.25, 0.3) is 0 Å². The van der Waals surface area contributed by atoms with Crippen LogP contribution in [0, 0.1) is 20.8 Å². The van der Waals surface area contributed by atoms with E-state index in [0.29, 0.717) is 13.2 Å². The van der Waals surface area contributed by atoms with Gasteiger partial charge in [-0.25, -0.2) is 4.98 Å². The Balaban J connectivity index is 1.69. The molecule has 0 aliphatic carbocycles. The van der Waals surface area contributed by atoms with Crippen LogP contribution in [0.4, 0.5) is 0 Å². The van der Waals surface area contributed by atoms with Gasteiger partial charge in [0.05, 0.1) is 19.3 Å². The number of nitrogens with one attached hydrogen (secondary N) is 2. The summed E-state index contributed by atoms with van der Waals surface area (Å²) in [7, 11) is 0. The Bertz CT molecular complexity index is 677. The van der Waals surface area contributed by atoms with E-state index in [9.17, 15) is 0 Å². The summed E-state index contributed by atoms with van der Waals surface area (Å²) in [6, 6.07) is 4.48. The van der Waals surface area contributed by atoms with Crippen LogP contribution in [0.25, 0.3) is 0 Å². The Hall–Kier alpha value is -1.76. The van der Waals surface area contributed by atoms with Crippen LogP contribution in [0.1, 0.15) is 53.2 Å².